The maximum absolute atomic E-state index is 8.69. The minimum absolute atomic E-state index is 0.370. The predicted octanol–water partition coefficient (Wildman–Crippen LogP) is 4.94. The van der Waals surface area contributed by atoms with E-state index in [1.165, 1.54) is 0 Å². The highest BCUT2D eigenvalue weighted by Crippen LogP contribution is 2.27. The summed E-state index contributed by atoms with van der Waals surface area (Å²) >= 11 is 3.46. The molecule has 0 aromatic heterocycles. The minimum Gasteiger partial charge on any atom is -0.307 e. The molecule has 24 heavy (non-hydrogen) atoms. The maximum atomic E-state index is 8.69. The zero-order valence-electron chi connectivity index (χ0n) is 13.1. The van der Waals surface area contributed by atoms with Crippen LogP contribution >= 0.6 is 15.9 Å². The van der Waals surface area contributed by atoms with Crippen LogP contribution in [0.3, 0.4) is 0 Å². The Hall–Kier alpha value is -2.43. The number of amidine groups is 1. The van der Waals surface area contributed by atoms with Crippen LogP contribution in [0.25, 0.3) is 0 Å². The van der Waals surface area contributed by atoms with Crippen molar-refractivity contribution in [3.8, 4) is 0 Å². The molecule has 120 valence electrons. The maximum Gasteiger partial charge on any atom is 0.134 e. The molecular formula is C20H18BrN3. The van der Waals surface area contributed by atoms with Crippen LogP contribution in [0.2, 0.25) is 0 Å². The Morgan fingerprint density at radius 2 is 1.38 bits per heavy atom. The van der Waals surface area contributed by atoms with Gasteiger partial charge in [-0.3, -0.25) is 5.41 Å². The van der Waals surface area contributed by atoms with Crippen molar-refractivity contribution >= 4 is 27.5 Å². The second-order valence-corrected chi connectivity index (χ2v) is 6.33. The number of anilines is 1. The standard InChI is InChI=1S/C20H18BrN3/c21-17-11-13-18(14-12-17)24(19(22)15-7-3-1-4-8-15)20(23)16-9-5-2-6-10-16/h1-14,19,23H,22H2. The molecule has 3 N–H and O–H groups in total. The Kier molecular flexibility index (Phi) is 5.08. The topological polar surface area (TPSA) is 53.1 Å². The molecular weight excluding hydrogens is 362 g/mol. The normalized spacial score (nSPS) is 11.8. The zero-order chi connectivity index (χ0) is 16.9. The van der Waals surface area contributed by atoms with E-state index >= 15 is 0 Å². The summed E-state index contributed by atoms with van der Waals surface area (Å²) in [6.07, 6.45) is -0.444. The summed E-state index contributed by atoms with van der Waals surface area (Å²) in [4.78, 5) is 1.84. The van der Waals surface area contributed by atoms with Crippen molar-refractivity contribution in [3.63, 3.8) is 0 Å². The van der Waals surface area contributed by atoms with Gasteiger partial charge < -0.3 is 10.6 Å². The van der Waals surface area contributed by atoms with Gasteiger partial charge in [0.2, 0.25) is 0 Å². The van der Waals surface area contributed by atoms with E-state index in [-0.39, 0.29) is 0 Å². The molecule has 0 aliphatic carbocycles. The second-order valence-electron chi connectivity index (χ2n) is 5.42. The van der Waals surface area contributed by atoms with E-state index in [1.807, 2.05) is 89.8 Å². The van der Waals surface area contributed by atoms with Crippen molar-refractivity contribution in [1.82, 2.24) is 0 Å². The molecule has 0 saturated heterocycles. The molecule has 1 atom stereocenters. The van der Waals surface area contributed by atoms with Crippen molar-refractivity contribution in [1.29, 1.82) is 5.41 Å². The van der Waals surface area contributed by atoms with Crippen LogP contribution in [-0.4, -0.2) is 5.84 Å². The van der Waals surface area contributed by atoms with Crippen LogP contribution in [-0.2, 0) is 0 Å². The fourth-order valence-corrected chi connectivity index (χ4v) is 2.83. The van der Waals surface area contributed by atoms with Gasteiger partial charge in [-0.2, -0.15) is 0 Å². The largest absolute Gasteiger partial charge is 0.307 e. The van der Waals surface area contributed by atoms with Crippen LogP contribution in [0.5, 0.6) is 0 Å². The molecule has 1 unspecified atom stereocenters. The van der Waals surface area contributed by atoms with Crippen LogP contribution in [0.4, 0.5) is 5.69 Å². The first-order valence-electron chi connectivity index (χ1n) is 7.66. The molecule has 0 amide bonds. The van der Waals surface area contributed by atoms with Crippen LogP contribution in [0.15, 0.2) is 89.4 Å². The van der Waals surface area contributed by atoms with E-state index in [1.54, 1.807) is 0 Å². The minimum atomic E-state index is -0.444. The van der Waals surface area contributed by atoms with E-state index in [9.17, 15) is 0 Å². The first-order valence-corrected chi connectivity index (χ1v) is 8.45. The first kappa shape index (κ1) is 16.4. The van der Waals surface area contributed by atoms with Crippen molar-refractivity contribution in [2.45, 2.75) is 6.17 Å². The molecule has 0 aliphatic heterocycles. The number of hydrogen-bond acceptors (Lipinski definition) is 2. The quantitative estimate of drug-likeness (QED) is 0.383. The number of nitrogens with two attached hydrogens (primary N) is 1. The van der Waals surface area contributed by atoms with E-state index < -0.39 is 6.17 Å². The van der Waals surface area contributed by atoms with E-state index in [0.717, 1.165) is 21.3 Å². The number of halogens is 1. The second kappa shape index (κ2) is 7.43. The summed E-state index contributed by atoms with van der Waals surface area (Å²) in [5, 5.41) is 8.69. The molecule has 3 aromatic carbocycles. The van der Waals surface area contributed by atoms with E-state index in [2.05, 4.69) is 15.9 Å². The third kappa shape index (κ3) is 3.55. The summed E-state index contributed by atoms with van der Waals surface area (Å²) in [5.41, 5.74) is 9.18. The van der Waals surface area contributed by atoms with Crippen LogP contribution in [0, 0.1) is 5.41 Å². The van der Waals surface area contributed by atoms with Gasteiger partial charge in [-0.15, -0.1) is 0 Å². The number of hydrogen-bond donors (Lipinski definition) is 2. The summed E-state index contributed by atoms with van der Waals surface area (Å²) < 4.78 is 0.991. The van der Waals surface area contributed by atoms with Gasteiger partial charge in [0, 0.05) is 15.7 Å². The molecule has 0 saturated carbocycles. The van der Waals surface area contributed by atoms with Crippen LogP contribution in [0.1, 0.15) is 17.3 Å². The molecule has 0 bridgehead atoms. The number of rotatable bonds is 4. The van der Waals surface area contributed by atoms with Gasteiger partial charge in [0.25, 0.3) is 0 Å². The lowest BCUT2D eigenvalue weighted by Crippen LogP contribution is -2.39. The van der Waals surface area contributed by atoms with Crippen molar-refractivity contribution in [3.05, 3.63) is 101 Å². The lowest BCUT2D eigenvalue weighted by molar-refractivity contribution is 0.750. The fraction of sp³-hybridized carbons (Fsp3) is 0.0500. The monoisotopic (exact) mass is 379 g/mol. The molecule has 3 rings (SSSR count). The predicted molar refractivity (Wildman–Crippen MR) is 103 cm³/mol. The lowest BCUT2D eigenvalue weighted by Gasteiger charge is -2.31. The van der Waals surface area contributed by atoms with Gasteiger partial charge in [-0.1, -0.05) is 76.6 Å². The fourth-order valence-electron chi connectivity index (χ4n) is 2.56. The summed E-state index contributed by atoms with van der Waals surface area (Å²) in [6.45, 7) is 0. The smallest absolute Gasteiger partial charge is 0.134 e. The number of benzene rings is 3. The summed E-state index contributed by atoms with van der Waals surface area (Å²) in [6, 6.07) is 27.3. The Labute approximate surface area is 150 Å². The summed E-state index contributed by atoms with van der Waals surface area (Å²) in [7, 11) is 0. The Morgan fingerprint density at radius 3 is 1.96 bits per heavy atom. The highest BCUT2D eigenvalue weighted by molar-refractivity contribution is 9.10. The van der Waals surface area contributed by atoms with Crippen LogP contribution < -0.4 is 10.6 Å². The first-order chi connectivity index (χ1) is 11.7. The average Bonchev–Trinajstić information content (AvgIpc) is 2.64. The third-order valence-electron chi connectivity index (χ3n) is 3.81. The average molecular weight is 380 g/mol. The van der Waals surface area contributed by atoms with Gasteiger partial charge in [-0.05, 0) is 29.8 Å². The molecule has 0 aliphatic rings. The molecule has 3 aromatic rings. The van der Waals surface area contributed by atoms with Crippen molar-refractivity contribution < 1.29 is 0 Å². The lowest BCUT2D eigenvalue weighted by atomic mass is 10.1. The van der Waals surface area contributed by atoms with E-state index in [4.69, 9.17) is 11.1 Å². The zero-order valence-corrected chi connectivity index (χ0v) is 14.6. The van der Waals surface area contributed by atoms with Gasteiger partial charge in [0.15, 0.2) is 0 Å². The highest BCUT2D eigenvalue weighted by atomic mass is 79.9. The molecule has 0 spiro atoms. The Morgan fingerprint density at radius 1 is 0.833 bits per heavy atom. The third-order valence-corrected chi connectivity index (χ3v) is 4.34. The summed E-state index contributed by atoms with van der Waals surface area (Å²) in [5.74, 6) is 0.370. The van der Waals surface area contributed by atoms with Gasteiger partial charge in [-0.25, -0.2) is 0 Å². The molecule has 0 fully saturated rings. The Balaban J connectivity index is 2.04. The highest BCUT2D eigenvalue weighted by Gasteiger charge is 2.22. The van der Waals surface area contributed by atoms with Gasteiger partial charge in [0.05, 0.1) is 0 Å². The molecule has 4 heteroatoms. The van der Waals surface area contributed by atoms with Crippen molar-refractivity contribution in [2.75, 3.05) is 4.90 Å². The molecule has 0 heterocycles. The number of nitrogens with zero attached hydrogens (tertiary/aromatic N) is 1. The van der Waals surface area contributed by atoms with Gasteiger partial charge >= 0.3 is 0 Å². The SMILES string of the molecule is N=C(c1ccccc1)N(c1ccc(Br)cc1)C(N)c1ccccc1. The molecule has 0 radical (unpaired) electrons. The van der Waals surface area contributed by atoms with Gasteiger partial charge in [0.1, 0.15) is 12.0 Å². The van der Waals surface area contributed by atoms with Crippen molar-refractivity contribution in [2.24, 2.45) is 5.73 Å². The Bertz CT molecular complexity index is 801. The molecule has 3 nitrogen and oxygen atoms in total. The number of nitrogens with one attached hydrogen (secondary N) is 1. The van der Waals surface area contributed by atoms with E-state index in [0.29, 0.717) is 5.84 Å².